The number of carbonyl (C=O) groups excluding carboxylic acids is 2. The second-order valence-electron chi connectivity index (χ2n) is 7.49. The number of fused-ring (bicyclic) bond motifs is 1. The number of rotatable bonds is 6. The summed E-state index contributed by atoms with van der Waals surface area (Å²) in [7, 11) is 0. The first-order chi connectivity index (χ1) is 15.8. The molecule has 4 aromatic rings. The van der Waals surface area contributed by atoms with E-state index in [1.165, 1.54) is 24.3 Å². The van der Waals surface area contributed by atoms with Crippen LogP contribution in [0.4, 0.5) is 18.9 Å². The number of nitrogens with one attached hydrogen (secondary N) is 2. The summed E-state index contributed by atoms with van der Waals surface area (Å²) in [6.45, 7) is 0. The molecule has 0 spiro atoms. The SMILES string of the molecule is O=C(Cc1cccc(C(F)(F)F)c1)Nc1cccc(C(=O)/C=C/c2c[nH]c3ccccc23)c1. The lowest BCUT2D eigenvalue weighted by Gasteiger charge is -2.09. The molecule has 0 saturated carbocycles. The molecule has 4 rings (SSSR count). The van der Waals surface area contributed by atoms with Crippen molar-refractivity contribution in [3.63, 3.8) is 0 Å². The molecule has 0 bridgehead atoms. The molecule has 0 atom stereocenters. The van der Waals surface area contributed by atoms with Crippen LogP contribution in [-0.4, -0.2) is 16.7 Å². The fraction of sp³-hybridized carbons (Fsp3) is 0.0769. The van der Waals surface area contributed by atoms with Gasteiger partial charge < -0.3 is 10.3 Å². The average Bonchev–Trinajstić information content (AvgIpc) is 3.20. The topological polar surface area (TPSA) is 62.0 Å². The van der Waals surface area contributed by atoms with Gasteiger partial charge in [0.05, 0.1) is 12.0 Å². The summed E-state index contributed by atoms with van der Waals surface area (Å²) in [4.78, 5) is 28.1. The third-order valence-electron chi connectivity index (χ3n) is 5.09. The number of hydrogen-bond acceptors (Lipinski definition) is 2. The number of anilines is 1. The molecule has 0 radical (unpaired) electrons. The molecule has 1 heterocycles. The maximum absolute atomic E-state index is 12.9. The van der Waals surface area contributed by atoms with Crippen molar-refractivity contribution in [3.05, 3.63) is 107 Å². The van der Waals surface area contributed by atoms with Crippen molar-refractivity contribution >= 4 is 34.4 Å². The van der Waals surface area contributed by atoms with E-state index in [2.05, 4.69) is 10.3 Å². The first-order valence-electron chi connectivity index (χ1n) is 10.1. The fourth-order valence-corrected chi connectivity index (χ4v) is 3.49. The number of carbonyl (C=O) groups is 2. The van der Waals surface area contributed by atoms with E-state index in [1.807, 2.05) is 30.5 Å². The number of hydrogen-bond donors (Lipinski definition) is 2. The zero-order valence-corrected chi connectivity index (χ0v) is 17.3. The van der Waals surface area contributed by atoms with Crippen LogP contribution in [0.2, 0.25) is 0 Å². The zero-order chi connectivity index (χ0) is 23.4. The lowest BCUT2D eigenvalue weighted by Crippen LogP contribution is -2.15. The van der Waals surface area contributed by atoms with Gasteiger partial charge in [0.2, 0.25) is 5.91 Å². The van der Waals surface area contributed by atoms with Crippen LogP contribution in [0.1, 0.15) is 27.0 Å². The number of benzene rings is 3. The summed E-state index contributed by atoms with van der Waals surface area (Å²) < 4.78 is 38.6. The summed E-state index contributed by atoms with van der Waals surface area (Å²) in [5.74, 6) is -0.720. The highest BCUT2D eigenvalue weighted by Crippen LogP contribution is 2.29. The van der Waals surface area contributed by atoms with Gasteiger partial charge in [-0.3, -0.25) is 9.59 Å². The molecule has 4 nitrogen and oxygen atoms in total. The number of allylic oxidation sites excluding steroid dienone is 1. The van der Waals surface area contributed by atoms with Gasteiger partial charge in [-0.25, -0.2) is 0 Å². The predicted octanol–water partition coefficient (Wildman–Crippen LogP) is 6.26. The second-order valence-corrected chi connectivity index (χ2v) is 7.49. The van der Waals surface area contributed by atoms with E-state index in [4.69, 9.17) is 0 Å². The van der Waals surface area contributed by atoms with Gasteiger partial charge in [-0.2, -0.15) is 13.2 Å². The molecule has 3 aromatic carbocycles. The molecule has 166 valence electrons. The Morgan fingerprint density at radius 2 is 1.73 bits per heavy atom. The molecule has 33 heavy (non-hydrogen) atoms. The summed E-state index contributed by atoms with van der Waals surface area (Å²) in [5.41, 5.74) is 2.06. The molecular formula is C26H19F3N2O2. The monoisotopic (exact) mass is 448 g/mol. The standard InChI is InChI=1S/C26H19F3N2O2/c27-26(28,29)20-7-3-5-17(13-20)14-25(33)31-21-8-4-6-18(15-21)24(32)12-11-19-16-30-23-10-2-1-9-22(19)23/h1-13,15-16,30H,14H2,(H,31,33)/b12-11+. The third-order valence-corrected chi connectivity index (χ3v) is 5.09. The molecular weight excluding hydrogens is 429 g/mol. The number of aromatic amines is 1. The van der Waals surface area contributed by atoms with E-state index in [1.54, 1.807) is 24.3 Å². The second kappa shape index (κ2) is 9.16. The van der Waals surface area contributed by atoms with Crippen LogP contribution < -0.4 is 5.32 Å². The summed E-state index contributed by atoms with van der Waals surface area (Å²) >= 11 is 0. The van der Waals surface area contributed by atoms with Gasteiger partial charge in [0, 0.05) is 28.4 Å². The molecule has 0 fully saturated rings. The average molecular weight is 448 g/mol. The van der Waals surface area contributed by atoms with Crippen LogP contribution in [0.3, 0.4) is 0 Å². The molecule has 0 aliphatic carbocycles. The highest BCUT2D eigenvalue weighted by atomic mass is 19.4. The van der Waals surface area contributed by atoms with Gasteiger partial charge in [0.15, 0.2) is 5.78 Å². The number of alkyl halides is 3. The molecule has 0 aliphatic rings. The van der Waals surface area contributed by atoms with Crippen molar-refractivity contribution in [1.29, 1.82) is 0 Å². The van der Waals surface area contributed by atoms with Crippen LogP contribution >= 0.6 is 0 Å². The summed E-state index contributed by atoms with van der Waals surface area (Å²) in [6.07, 6.45) is 0.308. The van der Waals surface area contributed by atoms with Crippen molar-refractivity contribution in [2.24, 2.45) is 0 Å². The minimum absolute atomic E-state index is 0.220. The number of halogens is 3. The van der Waals surface area contributed by atoms with Gasteiger partial charge in [-0.15, -0.1) is 0 Å². The fourth-order valence-electron chi connectivity index (χ4n) is 3.49. The van der Waals surface area contributed by atoms with Crippen LogP contribution in [0.5, 0.6) is 0 Å². The Kier molecular flexibility index (Phi) is 6.13. The molecule has 7 heteroatoms. The van der Waals surface area contributed by atoms with Crippen molar-refractivity contribution < 1.29 is 22.8 Å². The van der Waals surface area contributed by atoms with E-state index >= 15 is 0 Å². The first-order valence-corrected chi connectivity index (χ1v) is 10.1. The van der Waals surface area contributed by atoms with Crippen LogP contribution in [-0.2, 0) is 17.4 Å². The van der Waals surface area contributed by atoms with Crippen LogP contribution in [0.25, 0.3) is 17.0 Å². The number of H-pyrrole nitrogens is 1. The molecule has 1 amide bonds. The lowest BCUT2D eigenvalue weighted by molar-refractivity contribution is -0.137. The van der Waals surface area contributed by atoms with Gasteiger partial charge in [0.25, 0.3) is 0 Å². The Hall–Kier alpha value is -4.13. The van der Waals surface area contributed by atoms with Gasteiger partial charge in [-0.05, 0) is 47.5 Å². The molecule has 0 saturated heterocycles. The van der Waals surface area contributed by atoms with E-state index in [0.717, 1.165) is 28.6 Å². The van der Waals surface area contributed by atoms with E-state index in [-0.39, 0.29) is 17.8 Å². The van der Waals surface area contributed by atoms with E-state index < -0.39 is 17.6 Å². The van der Waals surface area contributed by atoms with Gasteiger partial charge >= 0.3 is 6.18 Å². The van der Waals surface area contributed by atoms with Crippen molar-refractivity contribution in [1.82, 2.24) is 4.98 Å². The number of ketones is 1. The smallest absolute Gasteiger partial charge is 0.361 e. The number of aromatic nitrogens is 1. The third kappa shape index (κ3) is 5.38. The zero-order valence-electron chi connectivity index (χ0n) is 17.3. The van der Waals surface area contributed by atoms with Gasteiger partial charge in [-0.1, -0.05) is 48.5 Å². The summed E-state index contributed by atoms with van der Waals surface area (Å²) in [6, 6.07) is 18.8. The maximum Gasteiger partial charge on any atom is 0.416 e. The van der Waals surface area contributed by atoms with Crippen molar-refractivity contribution in [3.8, 4) is 0 Å². The quantitative estimate of drug-likeness (QED) is 0.270. The largest absolute Gasteiger partial charge is 0.416 e. The Balaban J connectivity index is 1.43. The number of amides is 1. The van der Waals surface area contributed by atoms with Crippen LogP contribution in [0, 0.1) is 0 Å². The van der Waals surface area contributed by atoms with Crippen LogP contribution in [0.15, 0.2) is 85.1 Å². The normalized spacial score (nSPS) is 11.7. The summed E-state index contributed by atoms with van der Waals surface area (Å²) in [5, 5.41) is 3.63. The van der Waals surface area contributed by atoms with Crippen molar-refractivity contribution in [2.45, 2.75) is 12.6 Å². The Bertz CT molecular complexity index is 1350. The highest BCUT2D eigenvalue weighted by molar-refractivity contribution is 6.08. The Labute approximate surface area is 187 Å². The lowest BCUT2D eigenvalue weighted by atomic mass is 10.1. The first kappa shape index (κ1) is 22.1. The minimum atomic E-state index is -4.47. The Morgan fingerprint density at radius 3 is 2.55 bits per heavy atom. The Morgan fingerprint density at radius 1 is 0.939 bits per heavy atom. The molecule has 0 aliphatic heterocycles. The molecule has 1 aromatic heterocycles. The van der Waals surface area contributed by atoms with E-state index in [0.29, 0.717) is 11.3 Å². The van der Waals surface area contributed by atoms with Crippen molar-refractivity contribution in [2.75, 3.05) is 5.32 Å². The molecule has 0 unspecified atom stereocenters. The van der Waals surface area contributed by atoms with Gasteiger partial charge in [0.1, 0.15) is 0 Å². The number of para-hydroxylation sites is 1. The highest BCUT2D eigenvalue weighted by Gasteiger charge is 2.30. The van der Waals surface area contributed by atoms with E-state index in [9.17, 15) is 22.8 Å². The predicted molar refractivity (Wildman–Crippen MR) is 122 cm³/mol. The minimum Gasteiger partial charge on any atom is -0.361 e. The molecule has 2 N–H and O–H groups in total. The maximum atomic E-state index is 12.9.